The second-order valence-electron chi connectivity index (χ2n) is 7.03. The molecule has 1 unspecified atom stereocenters. The molecule has 1 aliphatic heterocycles. The van der Waals surface area contributed by atoms with Crippen molar-refractivity contribution in [3.05, 3.63) is 66.2 Å². The molecule has 5 heteroatoms. The molecule has 0 spiro atoms. The number of hydrogen-bond donors (Lipinski definition) is 0. The zero-order valence-electron chi connectivity index (χ0n) is 15.7. The molecule has 3 heterocycles. The quantitative estimate of drug-likeness (QED) is 0.648. The van der Waals surface area contributed by atoms with Gasteiger partial charge < -0.3 is 9.26 Å². The van der Waals surface area contributed by atoms with E-state index >= 15 is 0 Å². The minimum Gasteiger partial charge on any atom is -0.497 e. The number of likely N-dealkylation sites (tertiary alicyclic amines) is 1. The van der Waals surface area contributed by atoms with Crippen LogP contribution in [0.5, 0.6) is 5.75 Å². The van der Waals surface area contributed by atoms with Crippen LogP contribution in [0.2, 0.25) is 0 Å². The molecule has 5 nitrogen and oxygen atoms in total. The fourth-order valence-corrected chi connectivity index (χ4v) is 3.75. The number of aromatic nitrogens is 2. The van der Waals surface area contributed by atoms with E-state index in [4.69, 9.17) is 9.26 Å². The van der Waals surface area contributed by atoms with Gasteiger partial charge in [-0.3, -0.25) is 9.88 Å². The molecule has 27 heavy (non-hydrogen) atoms. The molecular weight excluding hydrogens is 338 g/mol. The first-order valence-corrected chi connectivity index (χ1v) is 9.57. The predicted molar refractivity (Wildman–Crippen MR) is 104 cm³/mol. The van der Waals surface area contributed by atoms with Gasteiger partial charge in [-0.1, -0.05) is 18.0 Å². The molecule has 0 amide bonds. The molecule has 1 aromatic carbocycles. The minimum atomic E-state index is 0.264. The first kappa shape index (κ1) is 17.7. The van der Waals surface area contributed by atoms with Crippen molar-refractivity contribution in [1.29, 1.82) is 0 Å². The Morgan fingerprint density at radius 1 is 1.07 bits per heavy atom. The number of pyridine rings is 1. The smallest absolute Gasteiger partial charge is 0.154 e. The van der Waals surface area contributed by atoms with Crippen LogP contribution in [0.15, 0.2) is 59.4 Å². The van der Waals surface area contributed by atoms with Crippen molar-refractivity contribution >= 4 is 0 Å². The van der Waals surface area contributed by atoms with E-state index in [1.165, 1.54) is 24.8 Å². The second-order valence-corrected chi connectivity index (χ2v) is 7.03. The van der Waals surface area contributed by atoms with Gasteiger partial charge in [0, 0.05) is 30.6 Å². The number of rotatable bonds is 5. The van der Waals surface area contributed by atoms with Crippen molar-refractivity contribution in [2.45, 2.75) is 38.3 Å². The first-order valence-electron chi connectivity index (χ1n) is 9.57. The van der Waals surface area contributed by atoms with Gasteiger partial charge in [0.05, 0.1) is 13.2 Å². The van der Waals surface area contributed by atoms with Gasteiger partial charge in [0.1, 0.15) is 11.4 Å². The lowest BCUT2D eigenvalue weighted by Crippen LogP contribution is -2.27. The van der Waals surface area contributed by atoms with Crippen LogP contribution in [0, 0.1) is 0 Å². The van der Waals surface area contributed by atoms with Crippen LogP contribution in [0.3, 0.4) is 0 Å². The molecule has 0 radical (unpaired) electrons. The van der Waals surface area contributed by atoms with E-state index < -0.39 is 0 Å². The highest BCUT2D eigenvalue weighted by Crippen LogP contribution is 2.33. The molecule has 0 bridgehead atoms. The standard InChI is InChI=1S/C22H25N3O2/c1-26-19-8-6-18(7-9-19)20-15-22(27-24-20)21-5-3-2-4-14-25(21)16-17-10-12-23-13-11-17/h6-13,15,21H,2-5,14,16H2,1H3. The van der Waals surface area contributed by atoms with Crippen LogP contribution < -0.4 is 4.74 Å². The van der Waals surface area contributed by atoms with Gasteiger partial charge in [0.2, 0.25) is 0 Å². The lowest BCUT2D eigenvalue weighted by Gasteiger charge is -2.27. The summed E-state index contributed by atoms with van der Waals surface area (Å²) in [5, 5.41) is 4.34. The van der Waals surface area contributed by atoms with E-state index in [9.17, 15) is 0 Å². The molecule has 4 rings (SSSR count). The Labute approximate surface area is 160 Å². The molecule has 0 aliphatic carbocycles. The van der Waals surface area contributed by atoms with Gasteiger partial charge >= 0.3 is 0 Å². The average Bonchev–Trinajstić information content (AvgIpc) is 3.10. The molecule has 1 saturated heterocycles. The summed E-state index contributed by atoms with van der Waals surface area (Å²) in [5.41, 5.74) is 3.20. The molecule has 2 aromatic heterocycles. The highest BCUT2D eigenvalue weighted by Gasteiger charge is 2.26. The monoisotopic (exact) mass is 363 g/mol. The number of nitrogens with zero attached hydrogens (tertiary/aromatic N) is 3. The summed E-state index contributed by atoms with van der Waals surface area (Å²) >= 11 is 0. The number of hydrogen-bond acceptors (Lipinski definition) is 5. The lowest BCUT2D eigenvalue weighted by molar-refractivity contribution is 0.160. The Bertz CT molecular complexity index is 846. The van der Waals surface area contributed by atoms with Crippen LogP contribution in [0.1, 0.15) is 43.0 Å². The summed E-state index contributed by atoms with van der Waals surface area (Å²) in [6.07, 6.45) is 8.53. The third-order valence-electron chi connectivity index (χ3n) is 5.24. The summed E-state index contributed by atoms with van der Waals surface area (Å²) in [6, 6.07) is 14.5. The van der Waals surface area contributed by atoms with E-state index in [0.717, 1.165) is 42.3 Å². The van der Waals surface area contributed by atoms with Crippen molar-refractivity contribution < 1.29 is 9.26 Å². The van der Waals surface area contributed by atoms with E-state index in [2.05, 4.69) is 33.2 Å². The van der Waals surface area contributed by atoms with E-state index in [1.54, 1.807) is 7.11 Å². The molecule has 0 saturated carbocycles. The summed E-state index contributed by atoms with van der Waals surface area (Å²) in [5.74, 6) is 1.80. The largest absolute Gasteiger partial charge is 0.497 e. The third-order valence-corrected chi connectivity index (χ3v) is 5.24. The summed E-state index contributed by atoms with van der Waals surface area (Å²) in [4.78, 5) is 6.64. The predicted octanol–water partition coefficient (Wildman–Crippen LogP) is 4.86. The molecule has 140 valence electrons. The van der Waals surface area contributed by atoms with Gasteiger partial charge in [-0.25, -0.2) is 0 Å². The second kappa shape index (κ2) is 8.35. The molecule has 1 fully saturated rings. The van der Waals surface area contributed by atoms with Gasteiger partial charge in [-0.15, -0.1) is 0 Å². The van der Waals surface area contributed by atoms with E-state index in [1.807, 2.05) is 36.7 Å². The van der Waals surface area contributed by atoms with E-state index in [0.29, 0.717) is 0 Å². The minimum absolute atomic E-state index is 0.264. The Morgan fingerprint density at radius 3 is 2.67 bits per heavy atom. The Morgan fingerprint density at radius 2 is 1.89 bits per heavy atom. The fourth-order valence-electron chi connectivity index (χ4n) is 3.75. The highest BCUT2D eigenvalue weighted by molar-refractivity contribution is 5.60. The summed E-state index contributed by atoms with van der Waals surface area (Å²) in [7, 11) is 1.67. The van der Waals surface area contributed by atoms with Gasteiger partial charge in [-0.2, -0.15) is 0 Å². The summed E-state index contributed by atoms with van der Waals surface area (Å²) < 4.78 is 11.0. The fraction of sp³-hybridized carbons (Fsp3) is 0.364. The Hall–Kier alpha value is -2.66. The zero-order valence-corrected chi connectivity index (χ0v) is 15.7. The topological polar surface area (TPSA) is 51.4 Å². The highest BCUT2D eigenvalue weighted by atomic mass is 16.5. The summed E-state index contributed by atoms with van der Waals surface area (Å²) in [6.45, 7) is 1.98. The zero-order chi connectivity index (χ0) is 18.5. The van der Waals surface area contributed by atoms with Crippen molar-refractivity contribution in [2.24, 2.45) is 0 Å². The molecule has 0 N–H and O–H groups in total. The van der Waals surface area contributed by atoms with Crippen LogP contribution in [-0.4, -0.2) is 28.7 Å². The normalized spacial score (nSPS) is 18.2. The van der Waals surface area contributed by atoms with Crippen LogP contribution in [0.4, 0.5) is 0 Å². The lowest BCUT2D eigenvalue weighted by atomic mass is 10.0. The average molecular weight is 363 g/mol. The molecular formula is C22H25N3O2. The van der Waals surface area contributed by atoms with Gasteiger partial charge in [0.15, 0.2) is 5.76 Å². The molecule has 3 aromatic rings. The Kier molecular flexibility index (Phi) is 5.49. The van der Waals surface area contributed by atoms with Crippen LogP contribution >= 0.6 is 0 Å². The van der Waals surface area contributed by atoms with E-state index in [-0.39, 0.29) is 6.04 Å². The van der Waals surface area contributed by atoms with Crippen molar-refractivity contribution in [2.75, 3.05) is 13.7 Å². The SMILES string of the molecule is COc1ccc(-c2cc(C3CCCCCN3Cc3ccncc3)on2)cc1. The van der Waals surface area contributed by atoms with Crippen LogP contribution in [-0.2, 0) is 6.54 Å². The van der Waals surface area contributed by atoms with Crippen molar-refractivity contribution in [3.8, 4) is 17.0 Å². The number of benzene rings is 1. The first-order chi connectivity index (χ1) is 13.3. The molecule has 1 aliphatic rings. The number of methoxy groups -OCH3 is 1. The maximum absolute atomic E-state index is 5.80. The van der Waals surface area contributed by atoms with Crippen molar-refractivity contribution in [3.63, 3.8) is 0 Å². The number of ether oxygens (including phenoxy) is 1. The van der Waals surface area contributed by atoms with Gasteiger partial charge in [-0.05, 0) is 61.3 Å². The van der Waals surface area contributed by atoms with Crippen molar-refractivity contribution in [1.82, 2.24) is 15.0 Å². The van der Waals surface area contributed by atoms with Crippen LogP contribution in [0.25, 0.3) is 11.3 Å². The maximum atomic E-state index is 5.80. The maximum Gasteiger partial charge on any atom is 0.154 e. The molecule has 1 atom stereocenters. The Balaban J connectivity index is 1.56. The van der Waals surface area contributed by atoms with Gasteiger partial charge in [0.25, 0.3) is 0 Å². The third kappa shape index (κ3) is 4.19.